The summed E-state index contributed by atoms with van der Waals surface area (Å²) in [5.74, 6) is -1.56. The standard InChI is InChI=1S/C20H23N3O4/c24-17(11-23-19(26)15-6-1-2-7-16(15)20(23)27)21-14-5-3-4-12(10-14)18(25)22-13-8-9-13/h3-5,10,13,15-16H,1-2,6-9,11H2,(H,21,24)(H,22,25). The van der Waals surface area contributed by atoms with Gasteiger partial charge < -0.3 is 10.6 Å². The number of carbonyl (C=O) groups excluding carboxylic acids is 4. The van der Waals surface area contributed by atoms with Crippen molar-refractivity contribution in [3.05, 3.63) is 29.8 Å². The number of imide groups is 1. The van der Waals surface area contributed by atoms with Gasteiger partial charge in [0.1, 0.15) is 6.54 Å². The number of benzene rings is 1. The van der Waals surface area contributed by atoms with Crippen LogP contribution in [-0.2, 0) is 14.4 Å². The minimum Gasteiger partial charge on any atom is -0.349 e. The maximum absolute atomic E-state index is 12.5. The third-order valence-corrected chi connectivity index (χ3v) is 5.56. The van der Waals surface area contributed by atoms with Crippen molar-refractivity contribution in [3.8, 4) is 0 Å². The topological polar surface area (TPSA) is 95.6 Å². The van der Waals surface area contributed by atoms with Gasteiger partial charge in [0.05, 0.1) is 11.8 Å². The van der Waals surface area contributed by atoms with Crippen molar-refractivity contribution in [2.24, 2.45) is 11.8 Å². The van der Waals surface area contributed by atoms with Crippen LogP contribution in [0.2, 0.25) is 0 Å². The molecule has 1 aromatic carbocycles. The second-order valence-electron chi connectivity index (χ2n) is 7.64. The van der Waals surface area contributed by atoms with Crippen LogP contribution in [0.25, 0.3) is 0 Å². The monoisotopic (exact) mass is 369 g/mol. The van der Waals surface area contributed by atoms with Gasteiger partial charge >= 0.3 is 0 Å². The fraction of sp³-hybridized carbons (Fsp3) is 0.500. The number of fused-ring (bicyclic) bond motifs is 1. The van der Waals surface area contributed by atoms with Crippen LogP contribution in [0.4, 0.5) is 5.69 Å². The van der Waals surface area contributed by atoms with Crippen LogP contribution in [0.1, 0.15) is 48.9 Å². The first-order valence-electron chi connectivity index (χ1n) is 9.59. The number of nitrogens with zero attached hydrogens (tertiary/aromatic N) is 1. The van der Waals surface area contributed by atoms with Gasteiger partial charge in [0, 0.05) is 17.3 Å². The first-order chi connectivity index (χ1) is 13.0. The third-order valence-electron chi connectivity index (χ3n) is 5.56. The molecule has 4 amide bonds. The molecule has 3 aliphatic rings. The number of hydrogen-bond acceptors (Lipinski definition) is 4. The lowest BCUT2D eigenvalue weighted by Gasteiger charge is -2.19. The number of hydrogen-bond donors (Lipinski definition) is 2. The highest BCUT2D eigenvalue weighted by molar-refractivity contribution is 6.08. The number of anilines is 1. The molecule has 2 saturated carbocycles. The first kappa shape index (κ1) is 17.7. The van der Waals surface area contributed by atoms with Gasteiger partial charge in [0.2, 0.25) is 17.7 Å². The Bertz CT molecular complexity index is 778. The maximum atomic E-state index is 12.5. The lowest BCUT2D eigenvalue weighted by Crippen LogP contribution is -2.38. The number of rotatable bonds is 5. The second-order valence-corrected chi connectivity index (χ2v) is 7.64. The highest BCUT2D eigenvalue weighted by atomic mass is 16.2. The minimum absolute atomic E-state index is 0.164. The summed E-state index contributed by atoms with van der Waals surface area (Å²) in [6.07, 6.45) is 5.37. The molecule has 1 heterocycles. The van der Waals surface area contributed by atoms with Gasteiger partial charge in [-0.1, -0.05) is 18.9 Å². The smallest absolute Gasteiger partial charge is 0.251 e. The molecule has 142 valence electrons. The zero-order valence-corrected chi connectivity index (χ0v) is 15.1. The molecule has 1 saturated heterocycles. The van der Waals surface area contributed by atoms with Gasteiger partial charge in [-0.25, -0.2) is 0 Å². The molecule has 2 unspecified atom stereocenters. The molecule has 2 atom stereocenters. The Morgan fingerprint density at radius 3 is 2.30 bits per heavy atom. The van der Waals surface area contributed by atoms with E-state index in [1.165, 1.54) is 0 Å². The van der Waals surface area contributed by atoms with Crippen molar-refractivity contribution in [3.63, 3.8) is 0 Å². The molecule has 1 aromatic rings. The van der Waals surface area contributed by atoms with Crippen molar-refractivity contribution in [1.29, 1.82) is 0 Å². The summed E-state index contributed by atoms with van der Waals surface area (Å²) < 4.78 is 0. The SMILES string of the molecule is O=C(CN1C(=O)C2CCCCC2C1=O)Nc1cccc(C(=O)NC2CC2)c1. The van der Waals surface area contributed by atoms with Crippen LogP contribution in [-0.4, -0.2) is 41.1 Å². The highest BCUT2D eigenvalue weighted by Crippen LogP contribution is 2.37. The first-order valence-corrected chi connectivity index (χ1v) is 9.59. The van der Waals surface area contributed by atoms with Crippen LogP contribution in [0.3, 0.4) is 0 Å². The van der Waals surface area contributed by atoms with E-state index in [0.717, 1.165) is 43.4 Å². The summed E-state index contributed by atoms with van der Waals surface area (Å²) in [6.45, 7) is -0.275. The van der Waals surface area contributed by atoms with E-state index in [2.05, 4.69) is 10.6 Å². The molecule has 0 radical (unpaired) electrons. The molecule has 4 rings (SSSR count). The Labute approximate surface area is 157 Å². The number of likely N-dealkylation sites (tertiary alicyclic amines) is 1. The van der Waals surface area contributed by atoms with E-state index in [4.69, 9.17) is 0 Å². The molecular weight excluding hydrogens is 346 g/mol. The van der Waals surface area contributed by atoms with Crippen LogP contribution >= 0.6 is 0 Å². The third kappa shape index (κ3) is 3.72. The lowest BCUT2D eigenvalue weighted by atomic mass is 9.81. The molecule has 0 bridgehead atoms. The minimum atomic E-state index is -0.435. The van der Waals surface area contributed by atoms with E-state index in [9.17, 15) is 19.2 Å². The van der Waals surface area contributed by atoms with E-state index in [1.54, 1.807) is 24.3 Å². The lowest BCUT2D eigenvalue weighted by molar-refractivity contribution is -0.142. The van der Waals surface area contributed by atoms with Crippen molar-refractivity contribution >= 4 is 29.3 Å². The average molecular weight is 369 g/mol. The summed E-state index contributed by atoms with van der Waals surface area (Å²) in [5.41, 5.74) is 0.944. The Hall–Kier alpha value is -2.70. The van der Waals surface area contributed by atoms with Gasteiger partial charge in [-0.3, -0.25) is 24.1 Å². The van der Waals surface area contributed by atoms with Gasteiger partial charge in [0.25, 0.3) is 5.91 Å². The second kappa shape index (κ2) is 7.13. The normalized spacial score (nSPS) is 24.5. The van der Waals surface area contributed by atoms with Crippen molar-refractivity contribution in [2.75, 3.05) is 11.9 Å². The van der Waals surface area contributed by atoms with Crippen molar-refractivity contribution < 1.29 is 19.2 Å². The molecule has 7 heteroatoms. The summed E-state index contributed by atoms with van der Waals surface area (Å²) >= 11 is 0. The molecule has 7 nitrogen and oxygen atoms in total. The predicted molar refractivity (Wildman–Crippen MR) is 97.7 cm³/mol. The summed E-state index contributed by atoms with van der Waals surface area (Å²) in [4.78, 5) is 50.5. The predicted octanol–water partition coefficient (Wildman–Crippen LogP) is 1.69. The quantitative estimate of drug-likeness (QED) is 0.772. The highest BCUT2D eigenvalue weighted by Gasteiger charge is 2.48. The Kier molecular flexibility index (Phi) is 4.68. The summed E-state index contributed by atoms with van der Waals surface area (Å²) in [7, 11) is 0. The Morgan fingerprint density at radius 2 is 1.67 bits per heavy atom. The van der Waals surface area contributed by atoms with Crippen molar-refractivity contribution in [1.82, 2.24) is 10.2 Å². The maximum Gasteiger partial charge on any atom is 0.251 e. The van der Waals surface area contributed by atoms with E-state index < -0.39 is 5.91 Å². The largest absolute Gasteiger partial charge is 0.349 e. The molecule has 3 fully saturated rings. The molecule has 0 aromatic heterocycles. The van der Waals surface area contributed by atoms with Crippen LogP contribution in [0.15, 0.2) is 24.3 Å². The number of carbonyl (C=O) groups is 4. The molecule has 1 aliphatic heterocycles. The van der Waals surface area contributed by atoms with Gasteiger partial charge in [-0.05, 0) is 43.9 Å². The van der Waals surface area contributed by atoms with E-state index >= 15 is 0 Å². The molecule has 2 N–H and O–H groups in total. The van der Waals surface area contributed by atoms with Gasteiger partial charge in [-0.15, -0.1) is 0 Å². The Morgan fingerprint density at radius 1 is 1.00 bits per heavy atom. The number of amides is 4. The van der Waals surface area contributed by atoms with E-state index in [0.29, 0.717) is 11.3 Å². The number of nitrogens with one attached hydrogen (secondary N) is 2. The zero-order valence-electron chi connectivity index (χ0n) is 15.1. The van der Waals surface area contributed by atoms with Gasteiger partial charge in [-0.2, -0.15) is 0 Å². The van der Waals surface area contributed by atoms with E-state index in [-0.39, 0.29) is 42.1 Å². The molecule has 2 aliphatic carbocycles. The molecular formula is C20H23N3O4. The zero-order chi connectivity index (χ0) is 19.0. The fourth-order valence-electron chi connectivity index (χ4n) is 3.97. The van der Waals surface area contributed by atoms with Crippen LogP contribution < -0.4 is 10.6 Å². The van der Waals surface area contributed by atoms with Crippen molar-refractivity contribution in [2.45, 2.75) is 44.6 Å². The van der Waals surface area contributed by atoms with E-state index in [1.807, 2.05) is 0 Å². The van der Waals surface area contributed by atoms with Gasteiger partial charge in [0.15, 0.2) is 0 Å². The molecule has 27 heavy (non-hydrogen) atoms. The molecule has 0 spiro atoms. The Balaban J connectivity index is 1.38. The summed E-state index contributed by atoms with van der Waals surface area (Å²) in [5, 5.41) is 5.59. The fourth-order valence-corrected chi connectivity index (χ4v) is 3.97. The van der Waals surface area contributed by atoms with Crippen LogP contribution in [0.5, 0.6) is 0 Å². The van der Waals surface area contributed by atoms with Crippen LogP contribution in [0, 0.1) is 11.8 Å². The average Bonchev–Trinajstić information content (AvgIpc) is 3.45. The summed E-state index contributed by atoms with van der Waals surface area (Å²) in [6, 6.07) is 6.91.